The van der Waals surface area contributed by atoms with E-state index in [9.17, 15) is 18.0 Å². The van der Waals surface area contributed by atoms with Crippen LogP contribution in [0.4, 0.5) is 5.69 Å². The number of esters is 1. The van der Waals surface area contributed by atoms with Crippen LogP contribution in [0.15, 0.2) is 58.3 Å². The minimum atomic E-state index is -3.82. The second-order valence-electron chi connectivity index (χ2n) is 5.57. The van der Waals surface area contributed by atoms with E-state index in [2.05, 4.69) is 10.0 Å². The second kappa shape index (κ2) is 9.54. The monoisotopic (exact) mass is 408 g/mol. The van der Waals surface area contributed by atoms with Crippen molar-refractivity contribution in [2.24, 2.45) is 0 Å². The summed E-state index contributed by atoms with van der Waals surface area (Å²) in [5.41, 5.74) is 1.50. The quantitative estimate of drug-likeness (QED) is 0.513. The van der Waals surface area contributed by atoms with E-state index in [0.29, 0.717) is 5.69 Å². The van der Waals surface area contributed by atoms with Gasteiger partial charge in [-0.2, -0.15) is 4.72 Å². The first-order valence-electron chi connectivity index (χ1n) is 7.96. The number of carbonyl (C=O) groups excluding carboxylic acids is 2. The zero-order valence-electron chi connectivity index (χ0n) is 14.9. The van der Waals surface area contributed by atoms with Crippen LogP contribution in [-0.4, -0.2) is 39.7 Å². The fourth-order valence-corrected chi connectivity index (χ4v) is 3.40. The summed E-state index contributed by atoms with van der Waals surface area (Å²) < 4.78 is 31.1. The molecule has 2 N–H and O–H groups in total. The van der Waals surface area contributed by atoms with Crippen molar-refractivity contribution >= 4 is 39.3 Å². The van der Waals surface area contributed by atoms with Gasteiger partial charge in [0.05, 0.1) is 4.90 Å². The number of aryl methyl sites for hydroxylation is 1. The van der Waals surface area contributed by atoms with E-state index in [1.54, 1.807) is 36.0 Å². The Kier molecular flexibility index (Phi) is 7.40. The Morgan fingerprint density at radius 1 is 1.04 bits per heavy atom. The summed E-state index contributed by atoms with van der Waals surface area (Å²) in [6.45, 7) is 0.768. The summed E-state index contributed by atoms with van der Waals surface area (Å²) in [7, 11) is -3.82. The lowest BCUT2D eigenvalue weighted by molar-refractivity contribution is -0.146. The molecule has 2 aromatic rings. The van der Waals surface area contributed by atoms with Crippen molar-refractivity contribution in [1.29, 1.82) is 0 Å². The third-order valence-electron chi connectivity index (χ3n) is 3.48. The minimum Gasteiger partial charge on any atom is -0.455 e. The first kappa shape index (κ1) is 20.9. The molecular formula is C18H20N2O5S2. The van der Waals surface area contributed by atoms with Gasteiger partial charge in [-0.05, 0) is 49.6 Å². The number of anilines is 1. The van der Waals surface area contributed by atoms with Gasteiger partial charge in [-0.15, -0.1) is 11.8 Å². The van der Waals surface area contributed by atoms with Crippen LogP contribution in [0.25, 0.3) is 0 Å². The minimum absolute atomic E-state index is 0.0485. The van der Waals surface area contributed by atoms with Gasteiger partial charge in [0.1, 0.15) is 6.54 Å². The van der Waals surface area contributed by atoms with E-state index in [1.807, 2.05) is 25.3 Å². The SMILES string of the molecule is CSc1ccc(NC(=O)COC(=O)CNS(=O)(=O)c2ccc(C)cc2)cc1. The zero-order valence-corrected chi connectivity index (χ0v) is 16.5. The van der Waals surface area contributed by atoms with Crippen molar-refractivity contribution in [2.45, 2.75) is 16.7 Å². The van der Waals surface area contributed by atoms with Gasteiger partial charge in [0.15, 0.2) is 6.61 Å². The molecule has 144 valence electrons. The molecule has 7 nitrogen and oxygen atoms in total. The van der Waals surface area contributed by atoms with Crippen molar-refractivity contribution in [3.05, 3.63) is 54.1 Å². The highest BCUT2D eigenvalue weighted by Gasteiger charge is 2.16. The molecule has 2 rings (SSSR count). The fraction of sp³-hybridized carbons (Fsp3) is 0.222. The van der Waals surface area contributed by atoms with Crippen molar-refractivity contribution in [2.75, 3.05) is 24.7 Å². The van der Waals surface area contributed by atoms with Crippen LogP contribution in [0.3, 0.4) is 0 Å². The standard InChI is InChI=1S/C18H20N2O5S2/c1-13-3-9-16(10-4-13)27(23,24)19-11-18(22)25-12-17(21)20-14-5-7-15(26-2)8-6-14/h3-10,19H,11-12H2,1-2H3,(H,20,21). The van der Waals surface area contributed by atoms with Gasteiger partial charge >= 0.3 is 5.97 Å². The van der Waals surface area contributed by atoms with Crippen LogP contribution in [0.1, 0.15) is 5.56 Å². The Morgan fingerprint density at radius 2 is 1.67 bits per heavy atom. The molecule has 0 aliphatic rings. The molecular weight excluding hydrogens is 388 g/mol. The van der Waals surface area contributed by atoms with Crippen LogP contribution in [0, 0.1) is 6.92 Å². The first-order chi connectivity index (χ1) is 12.8. The number of rotatable bonds is 8. The van der Waals surface area contributed by atoms with Crippen molar-refractivity contribution < 1.29 is 22.7 Å². The maximum absolute atomic E-state index is 12.1. The molecule has 1 amide bonds. The highest BCUT2D eigenvalue weighted by Crippen LogP contribution is 2.17. The third kappa shape index (κ3) is 6.70. The normalized spacial score (nSPS) is 11.0. The molecule has 0 aliphatic heterocycles. The van der Waals surface area contributed by atoms with Crippen LogP contribution >= 0.6 is 11.8 Å². The Labute approximate surface area is 162 Å². The summed E-state index contributed by atoms with van der Waals surface area (Å²) >= 11 is 1.58. The maximum atomic E-state index is 12.1. The molecule has 0 aromatic heterocycles. The third-order valence-corrected chi connectivity index (χ3v) is 5.64. The van der Waals surface area contributed by atoms with Crippen molar-refractivity contribution in [1.82, 2.24) is 4.72 Å². The Bertz CT molecular complexity index is 894. The number of nitrogens with one attached hydrogen (secondary N) is 2. The molecule has 27 heavy (non-hydrogen) atoms. The molecule has 0 saturated heterocycles. The zero-order chi connectivity index (χ0) is 19.9. The number of ether oxygens (including phenoxy) is 1. The largest absolute Gasteiger partial charge is 0.455 e. The van der Waals surface area contributed by atoms with Gasteiger partial charge in [-0.3, -0.25) is 9.59 Å². The number of amides is 1. The second-order valence-corrected chi connectivity index (χ2v) is 8.22. The van der Waals surface area contributed by atoms with Gasteiger partial charge in [0.25, 0.3) is 5.91 Å². The number of hydrogen-bond donors (Lipinski definition) is 2. The maximum Gasteiger partial charge on any atom is 0.321 e. The lowest BCUT2D eigenvalue weighted by Crippen LogP contribution is -2.32. The Hall–Kier alpha value is -2.36. The van der Waals surface area contributed by atoms with Crippen LogP contribution in [0.2, 0.25) is 0 Å². The smallest absolute Gasteiger partial charge is 0.321 e. The lowest BCUT2D eigenvalue weighted by Gasteiger charge is -2.08. The molecule has 2 aromatic carbocycles. The van der Waals surface area contributed by atoms with E-state index < -0.39 is 35.1 Å². The van der Waals surface area contributed by atoms with Crippen LogP contribution < -0.4 is 10.0 Å². The van der Waals surface area contributed by atoms with Gasteiger partial charge in [-0.25, -0.2) is 8.42 Å². The van der Waals surface area contributed by atoms with E-state index in [0.717, 1.165) is 10.5 Å². The van der Waals surface area contributed by atoms with Crippen LogP contribution in [0.5, 0.6) is 0 Å². The summed E-state index contributed by atoms with van der Waals surface area (Å²) in [6, 6.07) is 13.4. The van der Waals surface area contributed by atoms with E-state index in [1.165, 1.54) is 12.1 Å². The number of thioether (sulfide) groups is 1. The van der Waals surface area contributed by atoms with E-state index >= 15 is 0 Å². The van der Waals surface area contributed by atoms with Crippen molar-refractivity contribution in [3.8, 4) is 0 Å². The van der Waals surface area contributed by atoms with Gasteiger partial charge in [0, 0.05) is 10.6 Å². The van der Waals surface area contributed by atoms with Crippen LogP contribution in [-0.2, 0) is 24.3 Å². The molecule has 0 atom stereocenters. The summed E-state index contributed by atoms with van der Waals surface area (Å²) in [5.74, 6) is -1.36. The molecule has 0 spiro atoms. The molecule has 0 radical (unpaired) electrons. The average Bonchev–Trinajstić information content (AvgIpc) is 2.66. The molecule has 0 aliphatic carbocycles. The predicted octanol–water partition coefficient (Wildman–Crippen LogP) is 2.18. The van der Waals surface area contributed by atoms with E-state index in [-0.39, 0.29) is 4.90 Å². The molecule has 0 fully saturated rings. The lowest BCUT2D eigenvalue weighted by atomic mass is 10.2. The van der Waals surface area contributed by atoms with Crippen molar-refractivity contribution in [3.63, 3.8) is 0 Å². The highest BCUT2D eigenvalue weighted by molar-refractivity contribution is 7.98. The summed E-state index contributed by atoms with van der Waals surface area (Å²) in [4.78, 5) is 24.6. The predicted molar refractivity (Wildman–Crippen MR) is 104 cm³/mol. The van der Waals surface area contributed by atoms with Gasteiger partial charge < -0.3 is 10.1 Å². The first-order valence-corrected chi connectivity index (χ1v) is 10.7. The number of carbonyl (C=O) groups is 2. The summed E-state index contributed by atoms with van der Waals surface area (Å²) in [6.07, 6.45) is 1.94. The number of hydrogen-bond acceptors (Lipinski definition) is 6. The topological polar surface area (TPSA) is 102 Å². The van der Waals surface area contributed by atoms with Gasteiger partial charge in [0.2, 0.25) is 10.0 Å². The summed E-state index contributed by atoms with van der Waals surface area (Å²) in [5, 5.41) is 2.59. The molecule has 0 bridgehead atoms. The fourth-order valence-electron chi connectivity index (χ4n) is 2.02. The van der Waals surface area contributed by atoms with Gasteiger partial charge in [-0.1, -0.05) is 17.7 Å². The number of benzene rings is 2. The Morgan fingerprint density at radius 3 is 2.26 bits per heavy atom. The Balaban J connectivity index is 1.78. The molecule has 0 saturated carbocycles. The highest BCUT2D eigenvalue weighted by atomic mass is 32.2. The molecule has 9 heteroatoms. The molecule has 0 heterocycles. The molecule has 0 unspecified atom stereocenters. The average molecular weight is 409 g/mol. The van der Waals surface area contributed by atoms with E-state index in [4.69, 9.17) is 4.74 Å². The number of sulfonamides is 1.